The van der Waals surface area contributed by atoms with Crippen molar-refractivity contribution in [3.63, 3.8) is 0 Å². The van der Waals surface area contributed by atoms with Gasteiger partial charge in [0.05, 0.1) is 24.2 Å². The largest absolute Gasteiger partial charge is 0.573 e. The first-order valence-corrected chi connectivity index (χ1v) is 10.0. The van der Waals surface area contributed by atoms with Crippen molar-refractivity contribution < 1.29 is 32.2 Å². The molecule has 0 N–H and O–H groups in total. The number of hydrogen-bond donors (Lipinski definition) is 0. The molecule has 0 spiro atoms. The molecule has 3 aromatic rings. The van der Waals surface area contributed by atoms with E-state index in [9.17, 15) is 22.8 Å². The zero-order valence-electron chi connectivity index (χ0n) is 18.2. The fourth-order valence-corrected chi connectivity index (χ4v) is 3.23. The molecule has 174 valence electrons. The monoisotopic (exact) mass is 461 g/mol. The highest BCUT2D eigenvalue weighted by atomic mass is 19.4. The van der Waals surface area contributed by atoms with Crippen molar-refractivity contribution in [2.24, 2.45) is 0 Å². The highest BCUT2D eigenvalue weighted by Crippen LogP contribution is 2.27. The molecular weight excluding hydrogens is 439 g/mol. The number of amides is 1. The first-order chi connectivity index (χ1) is 15.6. The zero-order valence-corrected chi connectivity index (χ0v) is 18.2. The van der Waals surface area contributed by atoms with Crippen LogP contribution in [-0.4, -0.2) is 46.6 Å². The molecule has 1 amide bonds. The summed E-state index contributed by atoms with van der Waals surface area (Å²) in [6, 6.07) is 12.2. The van der Waals surface area contributed by atoms with E-state index in [1.165, 1.54) is 36.3 Å². The molecule has 0 aliphatic rings. The molecule has 0 unspecified atom stereocenters. The SMILES string of the molecule is CCOC(=O)c1cnn(-c2ccc(C(=O)N(C)Cc3ccccc3OC(F)(F)F)cc2)c1C. The van der Waals surface area contributed by atoms with E-state index in [4.69, 9.17) is 4.74 Å². The van der Waals surface area contributed by atoms with E-state index < -0.39 is 12.3 Å². The predicted octanol–water partition coefficient (Wildman–Crippen LogP) is 4.53. The van der Waals surface area contributed by atoms with E-state index in [1.54, 1.807) is 48.9 Å². The van der Waals surface area contributed by atoms with Crippen LogP contribution in [0, 0.1) is 6.92 Å². The first kappa shape index (κ1) is 23.8. The van der Waals surface area contributed by atoms with Crippen LogP contribution in [0.4, 0.5) is 13.2 Å². The van der Waals surface area contributed by atoms with Crippen molar-refractivity contribution in [1.82, 2.24) is 14.7 Å². The minimum Gasteiger partial charge on any atom is -0.462 e. The molecule has 0 saturated heterocycles. The number of ether oxygens (including phenoxy) is 2. The molecule has 10 heteroatoms. The van der Waals surface area contributed by atoms with Gasteiger partial charge < -0.3 is 14.4 Å². The fourth-order valence-electron chi connectivity index (χ4n) is 3.23. The second-order valence-corrected chi connectivity index (χ2v) is 7.14. The Morgan fingerprint density at radius 3 is 2.39 bits per heavy atom. The Morgan fingerprint density at radius 1 is 1.09 bits per heavy atom. The van der Waals surface area contributed by atoms with Gasteiger partial charge in [0.25, 0.3) is 5.91 Å². The lowest BCUT2D eigenvalue weighted by Gasteiger charge is -2.20. The summed E-state index contributed by atoms with van der Waals surface area (Å²) in [5.41, 5.74) is 2.13. The number of esters is 1. The Kier molecular flexibility index (Phi) is 7.05. The number of carbonyl (C=O) groups is 2. The van der Waals surface area contributed by atoms with Gasteiger partial charge in [-0.2, -0.15) is 5.10 Å². The lowest BCUT2D eigenvalue weighted by Crippen LogP contribution is -2.27. The molecule has 3 rings (SSSR count). The van der Waals surface area contributed by atoms with Crippen LogP contribution < -0.4 is 4.74 Å². The second kappa shape index (κ2) is 9.76. The maximum atomic E-state index is 12.8. The summed E-state index contributed by atoms with van der Waals surface area (Å²) in [5.74, 6) is -1.20. The molecular formula is C23H22F3N3O4. The highest BCUT2D eigenvalue weighted by molar-refractivity contribution is 5.94. The molecule has 0 atom stereocenters. The second-order valence-electron chi connectivity index (χ2n) is 7.14. The molecule has 0 bridgehead atoms. The average Bonchev–Trinajstić information content (AvgIpc) is 3.15. The van der Waals surface area contributed by atoms with Crippen LogP contribution in [0.5, 0.6) is 5.75 Å². The summed E-state index contributed by atoms with van der Waals surface area (Å²) in [5, 5.41) is 4.21. The number of aromatic nitrogens is 2. The van der Waals surface area contributed by atoms with Gasteiger partial charge in [0, 0.05) is 24.7 Å². The minimum atomic E-state index is -4.83. The molecule has 0 saturated carbocycles. The van der Waals surface area contributed by atoms with Crippen LogP contribution >= 0.6 is 0 Å². The van der Waals surface area contributed by atoms with Crippen LogP contribution in [0.25, 0.3) is 5.69 Å². The minimum absolute atomic E-state index is 0.0754. The third kappa shape index (κ3) is 5.71. The van der Waals surface area contributed by atoms with Crippen molar-refractivity contribution in [2.75, 3.05) is 13.7 Å². The molecule has 2 aromatic carbocycles. The van der Waals surface area contributed by atoms with Gasteiger partial charge in [0.15, 0.2) is 0 Å². The van der Waals surface area contributed by atoms with Crippen molar-refractivity contribution in [2.45, 2.75) is 26.8 Å². The summed E-state index contributed by atoms with van der Waals surface area (Å²) in [7, 11) is 1.49. The number of alkyl halides is 3. The van der Waals surface area contributed by atoms with E-state index in [0.29, 0.717) is 22.5 Å². The Hall–Kier alpha value is -3.82. The van der Waals surface area contributed by atoms with Crippen LogP contribution in [0.3, 0.4) is 0 Å². The van der Waals surface area contributed by atoms with Crippen LogP contribution in [-0.2, 0) is 11.3 Å². The van der Waals surface area contributed by atoms with E-state index in [2.05, 4.69) is 9.84 Å². The number of hydrogen-bond acceptors (Lipinski definition) is 5. The van der Waals surface area contributed by atoms with E-state index in [1.807, 2.05) is 0 Å². The summed E-state index contributed by atoms with van der Waals surface area (Å²) in [4.78, 5) is 26.1. The van der Waals surface area contributed by atoms with Gasteiger partial charge >= 0.3 is 12.3 Å². The maximum absolute atomic E-state index is 12.8. The third-order valence-electron chi connectivity index (χ3n) is 4.82. The van der Waals surface area contributed by atoms with Gasteiger partial charge in [0.1, 0.15) is 11.3 Å². The van der Waals surface area contributed by atoms with E-state index in [-0.39, 0.29) is 30.4 Å². The van der Waals surface area contributed by atoms with Gasteiger partial charge in [0.2, 0.25) is 0 Å². The molecule has 33 heavy (non-hydrogen) atoms. The Morgan fingerprint density at radius 2 is 1.76 bits per heavy atom. The Labute approximate surface area is 188 Å². The smallest absolute Gasteiger partial charge is 0.462 e. The Balaban J connectivity index is 1.75. The maximum Gasteiger partial charge on any atom is 0.573 e. The van der Waals surface area contributed by atoms with Gasteiger partial charge in [-0.3, -0.25) is 4.79 Å². The van der Waals surface area contributed by atoms with Crippen LogP contribution in [0.15, 0.2) is 54.7 Å². The van der Waals surface area contributed by atoms with Crippen molar-refractivity contribution >= 4 is 11.9 Å². The fraction of sp³-hybridized carbons (Fsp3) is 0.261. The number of rotatable bonds is 7. The number of benzene rings is 2. The number of carbonyl (C=O) groups excluding carboxylic acids is 2. The molecule has 7 nitrogen and oxygen atoms in total. The van der Waals surface area contributed by atoms with E-state index in [0.717, 1.165) is 0 Å². The van der Waals surface area contributed by atoms with Crippen molar-refractivity contribution in [3.8, 4) is 11.4 Å². The summed E-state index contributed by atoms with van der Waals surface area (Å²) in [6.45, 7) is 3.62. The number of para-hydroxylation sites is 1. The topological polar surface area (TPSA) is 73.7 Å². The predicted molar refractivity (Wildman–Crippen MR) is 113 cm³/mol. The number of nitrogens with zero attached hydrogens (tertiary/aromatic N) is 3. The van der Waals surface area contributed by atoms with Crippen molar-refractivity contribution in [1.29, 1.82) is 0 Å². The first-order valence-electron chi connectivity index (χ1n) is 10.0. The van der Waals surface area contributed by atoms with Crippen LogP contribution in [0.1, 0.15) is 38.9 Å². The summed E-state index contributed by atoms with van der Waals surface area (Å²) < 4.78 is 48.5. The zero-order chi connectivity index (χ0) is 24.2. The Bertz CT molecular complexity index is 1140. The number of halogens is 3. The quantitative estimate of drug-likeness (QED) is 0.484. The summed E-state index contributed by atoms with van der Waals surface area (Å²) in [6.07, 6.45) is -3.41. The lowest BCUT2D eigenvalue weighted by atomic mass is 10.1. The van der Waals surface area contributed by atoms with Gasteiger partial charge in [-0.05, 0) is 44.2 Å². The molecule has 0 radical (unpaired) electrons. The molecule has 0 aliphatic heterocycles. The molecule has 0 fully saturated rings. The third-order valence-corrected chi connectivity index (χ3v) is 4.82. The highest BCUT2D eigenvalue weighted by Gasteiger charge is 2.32. The van der Waals surface area contributed by atoms with Crippen molar-refractivity contribution in [3.05, 3.63) is 77.1 Å². The molecule has 0 aliphatic carbocycles. The van der Waals surface area contributed by atoms with Gasteiger partial charge in [-0.1, -0.05) is 18.2 Å². The van der Waals surface area contributed by atoms with E-state index >= 15 is 0 Å². The standard InChI is InChI=1S/C23H22F3N3O4/c1-4-32-22(31)19-13-27-29(15(19)2)18-11-9-16(10-12-18)21(30)28(3)14-17-7-5-6-8-20(17)33-23(24,25)26/h5-13H,4,14H2,1-3H3. The average molecular weight is 461 g/mol. The normalized spacial score (nSPS) is 11.2. The van der Waals surface area contributed by atoms with Gasteiger partial charge in [-0.15, -0.1) is 13.2 Å². The lowest BCUT2D eigenvalue weighted by molar-refractivity contribution is -0.275. The molecule has 1 heterocycles. The van der Waals surface area contributed by atoms with Gasteiger partial charge in [-0.25, -0.2) is 9.48 Å². The molecule has 1 aromatic heterocycles. The van der Waals surface area contributed by atoms with Crippen LogP contribution in [0.2, 0.25) is 0 Å². The summed E-state index contributed by atoms with van der Waals surface area (Å²) >= 11 is 0.